The van der Waals surface area contributed by atoms with Gasteiger partial charge >= 0.3 is 0 Å². The van der Waals surface area contributed by atoms with Crippen molar-refractivity contribution in [3.05, 3.63) is 156 Å². The fourth-order valence-electron chi connectivity index (χ4n) is 9.88. The zero-order valence-electron chi connectivity index (χ0n) is 24.6. The maximum absolute atomic E-state index is 2.60. The van der Waals surface area contributed by atoms with Crippen LogP contribution in [0.2, 0.25) is 0 Å². The maximum Gasteiger partial charge on any atom is 0.288 e. The van der Waals surface area contributed by atoms with Gasteiger partial charge in [-0.25, -0.2) is 4.57 Å². The Morgan fingerprint density at radius 2 is 0.978 bits per heavy atom. The molecular weight excluding hydrogens is 560 g/mol. The van der Waals surface area contributed by atoms with E-state index in [1.54, 1.807) is 0 Å². The van der Waals surface area contributed by atoms with Crippen molar-refractivity contribution in [2.45, 2.75) is 5.54 Å². The number of pyridine rings is 1. The Morgan fingerprint density at radius 1 is 0.413 bits per heavy atom. The van der Waals surface area contributed by atoms with Gasteiger partial charge in [0.05, 0.1) is 50.8 Å². The van der Waals surface area contributed by atoms with Crippen LogP contribution in [0.1, 0.15) is 16.7 Å². The lowest BCUT2D eigenvalue weighted by molar-refractivity contribution is -0.729. The van der Waals surface area contributed by atoms with Crippen LogP contribution in [0.25, 0.3) is 82.6 Å². The lowest BCUT2D eigenvalue weighted by atomic mass is 9.69. The van der Waals surface area contributed by atoms with Gasteiger partial charge in [0.25, 0.3) is 5.82 Å². The first-order valence-corrected chi connectivity index (χ1v) is 16.1. The number of fused-ring (bicyclic) bond motifs is 14. The Bertz CT molecular complexity index is 3080. The molecule has 3 aliphatic rings. The summed E-state index contributed by atoms with van der Waals surface area (Å²) in [5.41, 5.74) is 13.7. The number of para-hydroxylation sites is 4. The number of aromatic nitrogens is 4. The third kappa shape index (κ3) is 2.07. The summed E-state index contributed by atoms with van der Waals surface area (Å²) in [7, 11) is 0. The van der Waals surface area contributed by atoms with Crippen LogP contribution in [0.15, 0.2) is 140 Å². The van der Waals surface area contributed by atoms with Crippen LogP contribution in [0, 0.1) is 0 Å². The summed E-state index contributed by atoms with van der Waals surface area (Å²) in [5, 5.41) is 7.82. The SMILES string of the molecule is c1ccc2c(c1)-n1c3ccccc3c3ccc4c(c31)C21c2c3c(cc5c6ccccc6n(c25)-c2cccc[n+]21)c1ccccc1n3-4. The molecule has 46 heavy (non-hydrogen) atoms. The summed E-state index contributed by atoms with van der Waals surface area (Å²) in [6.45, 7) is 0. The summed E-state index contributed by atoms with van der Waals surface area (Å²) in [4.78, 5) is 0. The minimum absolute atomic E-state index is 0.584. The highest BCUT2D eigenvalue weighted by atomic mass is 15.2. The molecule has 1 atom stereocenters. The minimum atomic E-state index is -0.584. The summed E-state index contributed by atoms with van der Waals surface area (Å²) in [5.74, 6) is 1.19. The Labute approximate surface area is 262 Å². The smallest absolute Gasteiger partial charge is 0.288 e. The Balaban J connectivity index is 1.46. The molecule has 4 heteroatoms. The first-order chi connectivity index (χ1) is 22.9. The molecule has 0 saturated heterocycles. The molecule has 13 rings (SSSR count). The van der Waals surface area contributed by atoms with Crippen molar-refractivity contribution in [3.8, 4) is 17.2 Å². The van der Waals surface area contributed by atoms with Gasteiger partial charge in [0.1, 0.15) is 5.52 Å². The molecule has 0 N–H and O–H groups in total. The monoisotopic (exact) mass is 583 g/mol. The van der Waals surface area contributed by atoms with Crippen LogP contribution in [0.5, 0.6) is 0 Å². The number of hydrogen-bond acceptors (Lipinski definition) is 0. The molecule has 0 radical (unpaired) electrons. The van der Waals surface area contributed by atoms with Crippen molar-refractivity contribution in [3.63, 3.8) is 0 Å². The molecule has 1 spiro atoms. The second-order valence-corrected chi connectivity index (χ2v) is 13.1. The van der Waals surface area contributed by atoms with Crippen LogP contribution in [-0.4, -0.2) is 13.7 Å². The van der Waals surface area contributed by atoms with Gasteiger partial charge in [0.2, 0.25) is 0 Å². The van der Waals surface area contributed by atoms with E-state index in [1.807, 2.05) is 0 Å². The van der Waals surface area contributed by atoms with E-state index in [4.69, 9.17) is 0 Å². The number of nitrogens with zero attached hydrogens (tertiary/aromatic N) is 4. The first-order valence-electron chi connectivity index (χ1n) is 16.1. The normalized spacial score (nSPS) is 16.8. The second kappa shape index (κ2) is 7.06. The molecule has 7 heterocycles. The Kier molecular flexibility index (Phi) is 3.44. The summed E-state index contributed by atoms with van der Waals surface area (Å²) in [6, 6.07) is 50.0. The van der Waals surface area contributed by atoms with E-state index in [0.29, 0.717) is 0 Å². The highest BCUT2D eigenvalue weighted by Crippen LogP contribution is 2.60. The molecular formula is C42H23N4+. The molecule has 0 aliphatic carbocycles. The predicted octanol–water partition coefficient (Wildman–Crippen LogP) is 9.05. The van der Waals surface area contributed by atoms with E-state index < -0.39 is 5.54 Å². The zero-order chi connectivity index (χ0) is 29.5. The molecule has 10 aromatic rings. The van der Waals surface area contributed by atoms with Crippen molar-refractivity contribution in [2.75, 3.05) is 0 Å². The second-order valence-electron chi connectivity index (χ2n) is 13.1. The molecule has 0 fully saturated rings. The average molecular weight is 584 g/mol. The fourth-order valence-corrected chi connectivity index (χ4v) is 9.88. The van der Waals surface area contributed by atoms with E-state index in [2.05, 4.69) is 158 Å². The maximum atomic E-state index is 2.60. The Morgan fingerprint density at radius 3 is 1.74 bits per heavy atom. The molecule has 1 unspecified atom stereocenters. The van der Waals surface area contributed by atoms with Gasteiger partial charge in [-0.3, -0.25) is 0 Å². The van der Waals surface area contributed by atoms with Crippen molar-refractivity contribution >= 4 is 65.4 Å². The van der Waals surface area contributed by atoms with Gasteiger partial charge in [0, 0.05) is 43.9 Å². The fraction of sp³-hybridized carbons (Fsp3) is 0.0238. The van der Waals surface area contributed by atoms with Crippen LogP contribution in [0.3, 0.4) is 0 Å². The molecule has 0 saturated carbocycles. The third-order valence-electron chi connectivity index (χ3n) is 11.3. The standard InChI is InChI=1S/C42H23N4/c1-5-15-31-24(11-1)27-20-21-35-37-39(27)44(31)34-18-8-4-14-30(34)42(37)38-40-28(25-12-2-6-16-32(25)45(35)40)23-29-26-13-3-7-17-33(26)46(41(29)38)36-19-9-10-22-43(36)42/h1-23H/q+1. The summed E-state index contributed by atoms with van der Waals surface area (Å²) >= 11 is 0. The van der Waals surface area contributed by atoms with Crippen LogP contribution < -0.4 is 4.57 Å². The summed E-state index contributed by atoms with van der Waals surface area (Å²) in [6.07, 6.45) is 2.33. The number of rotatable bonds is 0. The van der Waals surface area contributed by atoms with Crippen molar-refractivity contribution in [2.24, 2.45) is 0 Å². The number of benzene rings is 6. The van der Waals surface area contributed by atoms with Gasteiger partial charge in [-0.15, -0.1) is 0 Å². The predicted molar refractivity (Wildman–Crippen MR) is 185 cm³/mol. The van der Waals surface area contributed by atoms with Gasteiger partial charge in [-0.05, 0) is 48.5 Å². The van der Waals surface area contributed by atoms with Gasteiger partial charge in [-0.2, -0.15) is 4.57 Å². The molecule has 3 aliphatic heterocycles. The highest BCUT2D eigenvalue weighted by Gasteiger charge is 2.59. The van der Waals surface area contributed by atoms with Gasteiger partial charge in [0.15, 0.2) is 11.1 Å². The van der Waals surface area contributed by atoms with Gasteiger partial charge in [-0.1, -0.05) is 78.9 Å². The zero-order valence-corrected chi connectivity index (χ0v) is 24.6. The van der Waals surface area contributed by atoms with Crippen molar-refractivity contribution < 1.29 is 4.57 Å². The highest BCUT2D eigenvalue weighted by molar-refractivity contribution is 6.24. The Hall–Kier alpha value is -6.13. The van der Waals surface area contributed by atoms with Crippen LogP contribution in [-0.2, 0) is 5.54 Å². The molecule has 6 aromatic carbocycles. The van der Waals surface area contributed by atoms with Crippen molar-refractivity contribution in [1.82, 2.24) is 13.7 Å². The molecule has 210 valence electrons. The number of hydrogen-bond donors (Lipinski definition) is 0. The largest absolute Gasteiger partial charge is 0.308 e. The lowest BCUT2D eigenvalue weighted by Gasteiger charge is -2.44. The summed E-state index contributed by atoms with van der Waals surface area (Å²) < 4.78 is 10.3. The van der Waals surface area contributed by atoms with Gasteiger partial charge < -0.3 is 9.13 Å². The topological polar surface area (TPSA) is 18.7 Å². The molecule has 0 bridgehead atoms. The minimum Gasteiger partial charge on any atom is -0.308 e. The molecule has 4 nitrogen and oxygen atoms in total. The van der Waals surface area contributed by atoms with E-state index in [1.165, 1.54) is 99.3 Å². The molecule has 0 amide bonds. The third-order valence-corrected chi connectivity index (χ3v) is 11.3. The van der Waals surface area contributed by atoms with E-state index >= 15 is 0 Å². The van der Waals surface area contributed by atoms with E-state index in [0.717, 1.165) is 0 Å². The van der Waals surface area contributed by atoms with E-state index in [9.17, 15) is 0 Å². The van der Waals surface area contributed by atoms with Crippen LogP contribution >= 0.6 is 0 Å². The lowest BCUT2D eigenvalue weighted by Crippen LogP contribution is -2.64. The first kappa shape index (κ1) is 22.4. The quantitative estimate of drug-likeness (QED) is 0.159. The van der Waals surface area contributed by atoms with Crippen LogP contribution in [0.4, 0.5) is 0 Å². The van der Waals surface area contributed by atoms with E-state index in [-0.39, 0.29) is 0 Å². The van der Waals surface area contributed by atoms with Crippen molar-refractivity contribution in [1.29, 1.82) is 0 Å². The average Bonchev–Trinajstić information content (AvgIpc) is 3.76. The molecule has 4 aromatic heterocycles.